The molecular weight excluding hydrogens is 364 g/mol. The van der Waals surface area contributed by atoms with Crippen molar-refractivity contribution in [1.82, 2.24) is 19.5 Å². The van der Waals surface area contributed by atoms with Crippen LogP contribution in [-0.2, 0) is 11.2 Å². The summed E-state index contributed by atoms with van der Waals surface area (Å²) < 4.78 is 3.77. The molecule has 0 unspecified atom stereocenters. The van der Waals surface area contributed by atoms with Crippen LogP contribution in [0.3, 0.4) is 0 Å². The Balaban J connectivity index is 1.63. The van der Waals surface area contributed by atoms with E-state index >= 15 is 0 Å². The summed E-state index contributed by atoms with van der Waals surface area (Å²) in [6, 6.07) is 17.1. The zero-order valence-corrected chi connectivity index (χ0v) is 16.8. The lowest BCUT2D eigenvalue weighted by Gasteiger charge is -2.18. The molecule has 6 nitrogen and oxygen atoms in total. The molecule has 2 aromatic heterocycles. The van der Waals surface area contributed by atoms with E-state index in [4.69, 9.17) is 0 Å². The maximum atomic E-state index is 12.9. The molecule has 1 amide bonds. The van der Waals surface area contributed by atoms with Crippen LogP contribution in [0.1, 0.15) is 29.8 Å². The molecule has 29 heavy (non-hydrogen) atoms. The topological polar surface area (TPSA) is 68.4 Å². The van der Waals surface area contributed by atoms with Gasteiger partial charge in [0.1, 0.15) is 6.04 Å². The summed E-state index contributed by atoms with van der Waals surface area (Å²) in [6.45, 7) is 6.34. The highest BCUT2D eigenvalue weighted by molar-refractivity contribution is 5.94. The van der Waals surface area contributed by atoms with E-state index < -0.39 is 6.04 Å². The molecule has 0 aliphatic heterocycles. The highest BCUT2D eigenvalue weighted by Crippen LogP contribution is 2.24. The molecule has 0 aliphatic carbocycles. The lowest BCUT2D eigenvalue weighted by Crippen LogP contribution is -2.34. The van der Waals surface area contributed by atoms with E-state index in [1.165, 1.54) is 17.2 Å². The normalized spacial score (nSPS) is 12.4. The first-order chi connectivity index (χ1) is 14.0. The van der Waals surface area contributed by atoms with Gasteiger partial charge in [0.15, 0.2) is 5.65 Å². The first kappa shape index (κ1) is 18.9. The van der Waals surface area contributed by atoms with Crippen molar-refractivity contribution in [2.24, 2.45) is 0 Å². The Morgan fingerprint density at radius 1 is 1.10 bits per heavy atom. The predicted molar refractivity (Wildman–Crippen MR) is 114 cm³/mol. The largest absolute Gasteiger partial charge is 0.354 e. The Bertz CT molecular complexity index is 1250. The van der Waals surface area contributed by atoms with Crippen molar-refractivity contribution in [3.05, 3.63) is 81.8 Å². The molecule has 2 heterocycles. The SMILES string of the molecule is Cc1ccc(CCNC(=O)[C@@H](C)n2c3ccccc3c3nc(=O)cc(C)n32)cc1. The maximum absolute atomic E-state index is 12.9. The number of aryl methyl sites for hydroxylation is 2. The summed E-state index contributed by atoms with van der Waals surface area (Å²) in [5.41, 5.74) is 4.33. The van der Waals surface area contributed by atoms with E-state index in [-0.39, 0.29) is 11.5 Å². The van der Waals surface area contributed by atoms with Gasteiger partial charge in [0.2, 0.25) is 5.91 Å². The number of carbonyl (C=O) groups is 1. The molecule has 0 spiro atoms. The van der Waals surface area contributed by atoms with Gasteiger partial charge in [-0.1, -0.05) is 42.0 Å². The molecule has 1 N–H and O–H groups in total. The summed E-state index contributed by atoms with van der Waals surface area (Å²) in [7, 11) is 0. The Morgan fingerprint density at radius 2 is 1.83 bits per heavy atom. The van der Waals surface area contributed by atoms with Gasteiger partial charge < -0.3 is 5.32 Å². The highest BCUT2D eigenvalue weighted by Gasteiger charge is 2.22. The van der Waals surface area contributed by atoms with Gasteiger partial charge in [-0.15, -0.1) is 0 Å². The van der Waals surface area contributed by atoms with E-state index in [2.05, 4.69) is 41.5 Å². The van der Waals surface area contributed by atoms with Gasteiger partial charge in [-0.3, -0.25) is 14.3 Å². The van der Waals surface area contributed by atoms with Crippen molar-refractivity contribution in [2.75, 3.05) is 6.54 Å². The number of nitrogens with zero attached hydrogens (tertiary/aromatic N) is 3. The fourth-order valence-corrected chi connectivity index (χ4v) is 3.73. The Morgan fingerprint density at radius 3 is 2.59 bits per heavy atom. The Kier molecular flexibility index (Phi) is 4.92. The van der Waals surface area contributed by atoms with Gasteiger partial charge in [-0.25, -0.2) is 4.52 Å². The van der Waals surface area contributed by atoms with Crippen molar-refractivity contribution in [2.45, 2.75) is 33.2 Å². The number of hydrogen-bond donors (Lipinski definition) is 1. The van der Waals surface area contributed by atoms with E-state index in [0.29, 0.717) is 12.2 Å². The van der Waals surface area contributed by atoms with Crippen LogP contribution in [0.4, 0.5) is 0 Å². The lowest BCUT2D eigenvalue weighted by molar-refractivity contribution is -0.124. The number of amides is 1. The van der Waals surface area contributed by atoms with Gasteiger partial charge in [0, 0.05) is 23.7 Å². The monoisotopic (exact) mass is 388 g/mol. The number of rotatable bonds is 5. The maximum Gasteiger partial charge on any atom is 0.273 e. The van der Waals surface area contributed by atoms with Crippen LogP contribution in [0, 0.1) is 13.8 Å². The lowest BCUT2D eigenvalue weighted by atomic mass is 10.1. The number of hydrogen-bond acceptors (Lipinski definition) is 3. The molecule has 4 aromatic rings. The van der Waals surface area contributed by atoms with Gasteiger partial charge in [-0.2, -0.15) is 4.98 Å². The van der Waals surface area contributed by atoms with Crippen LogP contribution in [0.15, 0.2) is 59.4 Å². The van der Waals surface area contributed by atoms with Gasteiger partial charge >= 0.3 is 0 Å². The molecule has 6 heteroatoms. The summed E-state index contributed by atoms with van der Waals surface area (Å²) in [5, 5.41) is 3.89. The first-order valence-electron chi connectivity index (χ1n) is 9.78. The first-order valence-corrected chi connectivity index (χ1v) is 9.78. The number of nitrogens with one attached hydrogen (secondary N) is 1. The fourth-order valence-electron chi connectivity index (χ4n) is 3.73. The number of fused-ring (bicyclic) bond motifs is 3. The molecule has 0 radical (unpaired) electrons. The van der Waals surface area contributed by atoms with Crippen molar-refractivity contribution in [1.29, 1.82) is 0 Å². The number of benzene rings is 2. The Hall–Kier alpha value is -3.41. The van der Waals surface area contributed by atoms with Crippen LogP contribution >= 0.6 is 0 Å². The molecule has 0 aliphatic rings. The molecule has 2 aromatic carbocycles. The van der Waals surface area contributed by atoms with E-state index in [0.717, 1.165) is 23.0 Å². The number of para-hydroxylation sites is 1. The average molecular weight is 388 g/mol. The molecule has 148 valence electrons. The van der Waals surface area contributed by atoms with Gasteiger partial charge in [-0.05, 0) is 44.9 Å². The highest BCUT2D eigenvalue weighted by atomic mass is 16.2. The van der Waals surface area contributed by atoms with Crippen molar-refractivity contribution in [3.8, 4) is 0 Å². The molecule has 0 fully saturated rings. The van der Waals surface area contributed by atoms with Crippen molar-refractivity contribution >= 4 is 22.5 Å². The van der Waals surface area contributed by atoms with Crippen LogP contribution in [0.2, 0.25) is 0 Å². The summed E-state index contributed by atoms with van der Waals surface area (Å²) >= 11 is 0. The molecule has 0 saturated carbocycles. The van der Waals surface area contributed by atoms with E-state index in [1.54, 1.807) is 0 Å². The second-order valence-corrected chi connectivity index (χ2v) is 7.44. The zero-order valence-electron chi connectivity index (χ0n) is 16.8. The molecule has 1 atom stereocenters. The Labute approximate surface area is 168 Å². The molecule has 0 saturated heterocycles. The number of carbonyl (C=O) groups excluding carboxylic acids is 1. The predicted octanol–water partition coefficient (Wildman–Crippen LogP) is 3.19. The smallest absolute Gasteiger partial charge is 0.273 e. The van der Waals surface area contributed by atoms with E-state index in [1.807, 2.05) is 47.3 Å². The van der Waals surface area contributed by atoms with Crippen molar-refractivity contribution in [3.63, 3.8) is 0 Å². The average Bonchev–Trinajstić information content (AvgIpc) is 3.03. The minimum atomic E-state index is -0.460. The zero-order chi connectivity index (χ0) is 20.5. The third-order valence-electron chi connectivity index (χ3n) is 5.27. The fraction of sp³-hybridized carbons (Fsp3) is 0.261. The summed E-state index contributed by atoms with van der Waals surface area (Å²) in [6.07, 6.45) is 0.777. The number of aromatic nitrogens is 3. The van der Waals surface area contributed by atoms with Crippen LogP contribution in [0.5, 0.6) is 0 Å². The third kappa shape index (κ3) is 3.53. The van der Waals surface area contributed by atoms with Gasteiger partial charge in [0.25, 0.3) is 5.56 Å². The van der Waals surface area contributed by atoms with Crippen molar-refractivity contribution < 1.29 is 4.79 Å². The summed E-state index contributed by atoms with van der Waals surface area (Å²) in [4.78, 5) is 29.1. The quantitative estimate of drug-likeness (QED) is 0.571. The molecule has 4 rings (SSSR count). The second-order valence-electron chi connectivity index (χ2n) is 7.44. The standard InChI is InChI=1S/C23H24N4O2/c1-15-8-10-18(11-9-15)12-13-24-23(29)17(3)27-20-7-5-4-6-19(20)22-25-21(28)14-16(2)26(22)27/h4-11,14,17H,12-13H2,1-3H3,(H,24,29)/t17-/m1/s1. The van der Waals surface area contributed by atoms with Crippen LogP contribution in [-0.4, -0.2) is 26.6 Å². The molecular formula is C23H24N4O2. The summed E-state index contributed by atoms with van der Waals surface area (Å²) in [5.74, 6) is -0.0714. The van der Waals surface area contributed by atoms with Crippen LogP contribution in [0.25, 0.3) is 16.6 Å². The third-order valence-corrected chi connectivity index (χ3v) is 5.27. The van der Waals surface area contributed by atoms with Gasteiger partial charge in [0.05, 0.1) is 5.52 Å². The minimum absolute atomic E-state index is 0.0714. The van der Waals surface area contributed by atoms with E-state index in [9.17, 15) is 9.59 Å². The van der Waals surface area contributed by atoms with Crippen LogP contribution < -0.4 is 10.9 Å². The molecule has 0 bridgehead atoms. The minimum Gasteiger partial charge on any atom is -0.354 e. The second kappa shape index (κ2) is 7.54.